The van der Waals surface area contributed by atoms with Crippen LogP contribution in [0, 0.1) is 0 Å². The van der Waals surface area contributed by atoms with E-state index >= 15 is 0 Å². The number of anilines is 1. The molecular formula is C21H23N9. The molecule has 5 heterocycles. The number of hydrogen-bond acceptors (Lipinski definition) is 7. The van der Waals surface area contributed by atoms with E-state index in [1.54, 1.807) is 6.20 Å². The van der Waals surface area contributed by atoms with Gasteiger partial charge in [0, 0.05) is 41.7 Å². The molecule has 2 aliphatic rings. The van der Waals surface area contributed by atoms with Gasteiger partial charge in [-0.3, -0.25) is 5.10 Å². The van der Waals surface area contributed by atoms with E-state index in [-0.39, 0.29) is 0 Å². The normalized spacial score (nSPS) is 23.2. The van der Waals surface area contributed by atoms with E-state index in [4.69, 9.17) is 0 Å². The zero-order valence-electron chi connectivity index (χ0n) is 16.7. The van der Waals surface area contributed by atoms with E-state index < -0.39 is 0 Å². The van der Waals surface area contributed by atoms with E-state index in [9.17, 15) is 0 Å². The number of hydrogen-bond donors (Lipinski definition) is 3. The van der Waals surface area contributed by atoms with Gasteiger partial charge in [-0.15, -0.1) is 10.2 Å². The van der Waals surface area contributed by atoms with Crippen molar-refractivity contribution in [2.75, 3.05) is 11.9 Å². The van der Waals surface area contributed by atoms with Gasteiger partial charge in [0.2, 0.25) is 0 Å². The third-order valence-electron chi connectivity index (χ3n) is 6.59. The number of H-pyrrole nitrogens is 2. The Morgan fingerprint density at radius 1 is 0.900 bits per heavy atom. The van der Waals surface area contributed by atoms with E-state index in [1.165, 1.54) is 25.7 Å². The second kappa shape index (κ2) is 6.88. The van der Waals surface area contributed by atoms with Crippen LogP contribution in [0.2, 0.25) is 0 Å². The first kappa shape index (κ1) is 17.5. The van der Waals surface area contributed by atoms with Crippen LogP contribution in [0.1, 0.15) is 25.7 Å². The lowest BCUT2D eigenvalue weighted by Crippen LogP contribution is -2.47. The second-order valence-electron chi connectivity index (χ2n) is 8.33. The Bertz CT molecular complexity index is 1150. The summed E-state index contributed by atoms with van der Waals surface area (Å²) in [7, 11) is 2.14. The van der Waals surface area contributed by atoms with Crippen LogP contribution in [0.5, 0.6) is 0 Å². The first-order valence-electron chi connectivity index (χ1n) is 10.4. The summed E-state index contributed by atoms with van der Waals surface area (Å²) < 4.78 is 0. The highest BCUT2D eigenvalue weighted by Crippen LogP contribution is 2.34. The number of nitrogens with zero attached hydrogens (tertiary/aromatic N) is 6. The maximum Gasteiger partial charge on any atom is 0.151 e. The molecule has 3 aromatic heterocycles. The minimum atomic E-state index is 0.518. The number of piperidine rings is 1. The number of aromatic amines is 2. The molecule has 152 valence electrons. The van der Waals surface area contributed by atoms with Crippen molar-refractivity contribution in [3.8, 4) is 22.5 Å². The SMILES string of the molecule is CN(c1ccc(-c2ccc(-c3cn[nH]n3)c3cn[nH]c23)nn1)C1C[C@H]2CC[C@@H](C1)N2. The van der Waals surface area contributed by atoms with Gasteiger partial charge in [0.15, 0.2) is 5.82 Å². The van der Waals surface area contributed by atoms with E-state index in [2.05, 4.69) is 59.1 Å². The second-order valence-corrected chi connectivity index (χ2v) is 8.33. The molecule has 0 radical (unpaired) electrons. The van der Waals surface area contributed by atoms with Crippen LogP contribution >= 0.6 is 0 Å². The molecule has 4 aromatic rings. The molecule has 30 heavy (non-hydrogen) atoms. The van der Waals surface area contributed by atoms with Crippen LogP contribution in [0.15, 0.2) is 36.7 Å². The maximum absolute atomic E-state index is 4.56. The molecule has 2 fully saturated rings. The van der Waals surface area contributed by atoms with Crippen LogP contribution in [-0.2, 0) is 0 Å². The zero-order valence-corrected chi connectivity index (χ0v) is 16.7. The fourth-order valence-corrected chi connectivity index (χ4v) is 4.99. The van der Waals surface area contributed by atoms with Gasteiger partial charge in [0.1, 0.15) is 5.69 Å². The largest absolute Gasteiger partial charge is 0.355 e. The molecule has 0 spiro atoms. The minimum absolute atomic E-state index is 0.518. The predicted octanol–water partition coefficient (Wildman–Crippen LogP) is 2.52. The molecule has 3 atom stereocenters. The van der Waals surface area contributed by atoms with Crippen molar-refractivity contribution in [1.29, 1.82) is 0 Å². The van der Waals surface area contributed by atoms with Crippen molar-refractivity contribution < 1.29 is 0 Å². The fraction of sp³-hybridized carbons (Fsp3) is 0.381. The highest BCUT2D eigenvalue weighted by Gasteiger charge is 2.35. The molecule has 9 nitrogen and oxygen atoms in total. The van der Waals surface area contributed by atoms with Crippen molar-refractivity contribution >= 4 is 16.7 Å². The smallest absolute Gasteiger partial charge is 0.151 e. The monoisotopic (exact) mass is 401 g/mol. The molecule has 2 saturated heterocycles. The van der Waals surface area contributed by atoms with Crippen LogP contribution in [0.3, 0.4) is 0 Å². The Labute approximate surface area is 173 Å². The Morgan fingerprint density at radius 2 is 1.73 bits per heavy atom. The molecule has 3 N–H and O–H groups in total. The molecule has 0 saturated carbocycles. The molecule has 1 unspecified atom stereocenters. The number of benzene rings is 1. The molecular weight excluding hydrogens is 378 g/mol. The Hall–Kier alpha value is -3.33. The fourth-order valence-electron chi connectivity index (χ4n) is 4.99. The summed E-state index contributed by atoms with van der Waals surface area (Å²) in [5, 5.41) is 31.9. The molecule has 0 amide bonds. The van der Waals surface area contributed by atoms with Gasteiger partial charge in [-0.25, -0.2) is 0 Å². The quantitative estimate of drug-likeness (QED) is 0.482. The summed E-state index contributed by atoms with van der Waals surface area (Å²) >= 11 is 0. The summed E-state index contributed by atoms with van der Waals surface area (Å²) in [6.45, 7) is 0. The summed E-state index contributed by atoms with van der Waals surface area (Å²) in [6, 6.07) is 9.99. The van der Waals surface area contributed by atoms with Gasteiger partial charge in [0.05, 0.1) is 23.6 Å². The number of fused-ring (bicyclic) bond motifs is 3. The molecule has 6 rings (SSSR count). The molecule has 2 aliphatic heterocycles. The molecule has 0 aliphatic carbocycles. The molecule has 1 aromatic carbocycles. The zero-order chi connectivity index (χ0) is 20.1. The number of nitrogens with one attached hydrogen (secondary N) is 3. The summed E-state index contributed by atoms with van der Waals surface area (Å²) in [6.07, 6.45) is 8.46. The van der Waals surface area contributed by atoms with Gasteiger partial charge in [-0.1, -0.05) is 6.07 Å². The minimum Gasteiger partial charge on any atom is -0.355 e. The van der Waals surface area contributed by atoms with Crippen molar-refractivity contribution in [3.63, 3.8) is 0 Å². The summed E-state index contributed by atoms with van der Waals surface area (Å²) in [5.41, 5.74) is 4.46. The van der Waals surface area contributed by atoms with E-state index in [0.717, 1.165) is 39.2 Å². The Morgan fingerprint density at radius 3 is 2.47 bits per heavy atom. The van der Waals surface area contributed by atoms with Gasteiger partial charge in [-0.05, 0) is 43.9 Å². The maximum atomic E-state index is 4.56. The number of rotatable bonds is 4. The topological polar surface area (TPSA) is 111 Å². The number of aromatic nitrogens is 7. The highest BCUT2D eigenvalue weighted by atomic mass is 15.3. The van der Waals surface area contributed by atoms with Gasteiger partial charge < -0.3 is 10.2 Å². The summed E-state index contributed by atoms with van der Waals surface area (Å²) in [5.74, 6) is 0.921. The average molecular weight is 401 g/mol. The van der Waals surface area contributed by atoms with Gasteiger partial charge in [0.25, 0.3) is 0 Å². The lowest BCUT2D eigenvalue weighted by atomic mass is 9.98. The van der Waals surface area contributed by atoms with E-state index in [1.807, 2.05) is 24.4 Å². The standard InChI is InChI=1S/C21H23N9/c1-30(14-8-12-2-3-13(9-14)24-12)20-7-6-18(25-27-20)16-5-4-15(19-11-23-29-26-19)17-10-22-28-21(16)17/h4-7,10-14,24H,2-3,8-9H2,1H3,(H,22,28)(H,23,26,29)/t12-,13+,14?. The van der Waals surface area contributed by atoms with Crippen LogP contribution in [0.25, 0.3) is 33.4 Å². The molecule has 9 heteroatoms. The van der Waals surface area contributed by atoms with Gasteiger partial charge in [-0.2, -0.15) is 20.5 Å². The third kappa shape index (κ3) is 2.85. The third-order valence-corrected chi connectivity index (χ3v) is 6.59. The average Bonchev–Trinajstić information content (AvgIpc) is 3.54. The van der Waals surface area contributed by atoms with Crippen LogP contribution < -0.4 is 10.2 Å². The first-order valence-corrected chi connectivity index (χ1v) is 10.4. The predicted molar refractivity (Wildman–Crippen MR) is 114 cm³/mol. The summed E-state index contributed by atoms with van der Waals surface area (Å²) in [4.78, 5) is 2.29. The lowest BCUT2D eigenvalue weighted by molar-refractivity contribution is 0.353. The lowest BCUT2D eigenvalue weighted by Gasteiger charge is -2.36. The highest BCUT2D eigenvalue weighted by molar-refractivity contribution is 6.01. The van der Waals surface area contributed by atoms with Crippen molar-refractivity contribution in [2.45, 2.75) is 43.8 Å². The Balaban J connectivity index is 1.30. The van der Waals surface area contributed by atoms with Crippen molar-refractivity contribution in [3.05, 3.63) is 36.7 Å². The van der Waals surface area contributed by atoms with E-state index in [0.29, 0.717) is 18.1 Å². The van der Waals surface area contributed by atoms with Crippen LogP contribution in [0.4, 0.5) is 5.82 Å². The Kier molecular flexibility index (Phi) is 4.02. The first-order chi connectivity index (χ1) is 14.8. The van der Waals surface area contributed by atoms with Crippen LogP contribution in [-0.4, -0.2) is 61.0 Å². The van der Waals surface area contributed by atoms with Crippen molar-refractivity contribution in [1.82, 2.24) is 41.1 Å². The molecule has 2 bridgehead atoms. The van der Waals surface area contributed by atoms with Crippen molar-refractivity contribution in [2.24, 2.45) is 0 Å². The van der Waals surface area contributed by atoms with Gasteiger partial charge >= 0.3 is 0 Å².